The first-order valence-electron chi connectivity index (χ1n) is 8.16. The molecule has 1 aliphatic heterocycles. The molecule has 2 unspecified atom stereocenters. The van der Waals surface area contributed by atoms with Crippen LogP contribution in [0.2, 0.25) is 0 Å². The molecule has 0 bridgehead atoms. The van der Waals surface area contributed by atoms with E-state index in [0.717, 1.165) is 5.92 Å². The van der Waals surface area contributed by atoms with E-state index in [4.69, 9.17) is 0 Å². The summed E-state index contributed by atoms with van der Waals surface area (Å²) in [5, 5.41) is 3.61. The van der Waals surface area contributed by atoms with Crippen LogP contribution in [0.1, 0.15) is 76.7 Å². The van der Waals surface area contributed by atoms with Crippen molar-refractivity contribution < 1.29 is 0 Å². The average Bonchev–Trinajstić information content (AvgIpc) is 2.42. The second-order valence-electron chi connectivity index (χ2n) is 6.12. The molecule has 1 N–H and O–H groups in total. The van der Waals surface area contributed by atoms with Gasteiger partial charge < -0.3 is 5.32 Å². The first-order valence-corrected chi connectivity index (χ1v) is 8.16. The van der Waals surface area contributed by atoms with Gasteiger partial charge in [-0.25, -0.2) is 0 Å². The lowest BCUT2D eigenvalue weighted by Gasteiger charge is -2.31. The summed E-state index contributed by atoms with van der Waals surface area (Å²) < 4.78 is 0. The summed E-state index contributed by atoms with van der Waals surface area (Å²) >= 11 is 0. The van der Waals surface area contributed by atoms with E-state index in [1.165, 1.54) is 57.1 Å². The van der Waals surface area contributed by atoms with Gasteiger partial charge in [-0.3, -0.25) is 0 Å². The van der Waals surface area contributed by atoms with Crippen LogP contribution in [-0.2, 0) is 0 Å². The Hall–Kier alpha value is -0.980. The Bertz CT molecular complexity index is 372. The topological polar surface area (TPSA) is 12.0 Å². The van der Waals surface area contributed by atoms with Crippen LogP contribution in [-0.4, -0.2) is 6.04 Å². The zero-order valence-electron chi connectivity index (χ0n) is 12.6. The maximum Gasteiger partial charge on any atom is 0.0377 e. The first-order chi connectivity index (χ1) is 9.31. The molecule has 1 aliphatic rings. The number of unbranched alkanes of at least 4 members (excludes halogenated alkanes) is 5. The highest BCUT2D eigenvalue weighted by Gasteiger charge is 2.22. The summed E-state index contributed by atoms with van der Waals surface area (Å²) in [4.78, 5) is 0. The van der Waals surface area contributed by atoms with Crippen LogP contribution in [0, 0.1) is 0 Å². The molecule has 1 aromatic rings. The Morgan fingerprint density at radius 3 is 2.63 bits per heavy atom. The van der Waals surface area contributed by atoms with Gasteiger partial charge in [-0.1, -0.05) is 63.6 Å². The van der Waals surface area contributed by atoms with Gasteiger partial charge in [0.25, 0.3) is 0 Å². The Labute approximate surface area is 118 Å². The van der Waals surface area contributed by atoms with Crippen molar-refractivity contribution in [3.8, 4) is 0 Å². The number of rotatable bonds is 7. The summed E-state index contributed by atoms with van der Waals surface area (Å²) in [7, 11) is 0. The van der Waals surface area contributed by atoms with Crippen molar-refractivity contribution in [1.82, 2.24) is 0 Å². The van der Waals surface area contributed by atoms with Gasteiger partial charge in [0.2, 0.25) is 0 Å². The van der Waals surface area contributed by atoms with E-state index in [0.29, 0.717) is 6.04 Å². The number of nitrogens with one attached hydrogen (secondary N) is 1. The number of para-hydroxylation sites is 1. The van der Waals surface area contributed by atoms with Crippen LogP contribution in [0.4, 0.5) is 5.69 Å². The molecule has 0 aromatic heterocycles. The minimum atomic E-state index is 0.625. The van der Waals surface area contributed by atoms with Crippen molar-refractivity contribution >= 4 is 5.69 Å². The predicted molar refractivity (Wildman–Crippen MR) is 84.9 cm³/mol. The van der Waals surface area contributed by atoms with E-state index in [1.807, 2.05) is 0 Å². The third-order valence-electron chi connectivity index (χ3n) is 4.35. The van der Waals surface area contributed by atoms with Crippen molar-refractivity contribution in [3.05, 3.63) is 29.8 Å². The fourth-order valence-corrected chi connectivity index (χ4v) is 3.31. The van der Waals surface area contributed by atoms with E-state index in [-0.39, 0.29) is 0 Å². The van der Waals surface area contributed by atoms with Crippen LogP contribution in [0.15, 0.2) is 24.3 Å². The third-order valence-corrected chi connectivity index (χ3v) is 4.35. The fourth-order valence-electron chi connectivity index (χ4n) is 3.31. The van der Waals surface area contributed by atoms with Crippen molar-refractivity contribution in [2.24, 2.45) is 0 Å². The SMILES string of the molecule is CCCCCCCCC1CC(C)Nc2ccccc21. The molecule has 0 aliphatic carbocycles. The number of benzene rings is 1. The zero-order valence-corrected chi connectivity index (χ0v) is 12.6. The summed E-state index contributed by atoms with van der Waals surface area (Å²) in [5.74, 6) is 0.777. The zero-order chi connectivity index (χ0) is 13.5. The summed E-state index contributed by atoms with van der Waals surface area (Å²) in [5.41, 5.74) is 2.92. The average molecular weight is 259 g/mol. The van der Waals surface area contributed by atoms with E-state index in [9.17, 15) is 0 Å². The van der Waals surface area contributed by atoms with Crippen molar-refractivity contribution in [1.29, 1.82) is 0 Å². The van der Waals surface area contributed by atoms with Crippen LogP contribution in [0.3, 0.4) is 0 Å². The fraction of sp³-hybridized carbons (Fsp3) is 0.667. The molecule has 1 nitrogen and oxygen atoms in total. The van der Waals surface area contributed by atoms with E-state index in [2.05, 4.69) is 43.4 Å². The normalized spacial score (nSPS) is 21.8. The van der Waals surface area contributed by atoms with Crippen LogP contribution in [0.25, 0.3) is 0 Å². The highest BCUT2D eigenvalue weighted by molar-refractivity contribution is 5.55. The molecule has 0 amide bonds. The Balaban J connectivity index is 1.80. The van der Waals surface area contributed by atoms with Gasteiger partial charge in [0.1, 0.15) is 0 Å². The second kappa shape index (κ2) is 7.57. The molecule has 0 saturated heterocycles. The van der Waals surface area contributed by atoms with Gasteiger partial charge in [0.05, 0.1) is 0 Å². The molecule has 1 heterocycles. The lowest BCUT2D eigenvalue weighted by Crippen LogP contribution is -2.25. The Morgan fingerprint density at radius 1 is 1.05 bits per heavy atom. The highest BCUT2D eigenvalue weighted by Crippen LogP contribution is 2.37. The first kappa shape index (κ1) is 14.4. The van der Waals surface area contributed by atoms with E-state index >= 15 is 0 Å². The van der Waals surface area contributed by atoms with Gasteiger partial charge in [0, 0.05) is 11.7 Å². The molecular weight excluding hydrogens is 230 g/mol. The van der Waals surface area contributed by atoms with Crippen LogP contribution >= 0.6 is 0 Å². The maximum atomic E-state index is 3.61. The summed E-state index contributed by atoms with van der Waals surface area (Å²) in [6, 6.07) is 9.51. The quantitative estimate of drug-likeness (QED) is 0.617. The number of hydrogen-bond donors (Lipinski definition) is 1. The van der Waals surface area contributed by atoms with Crippen LogP contribution in [0.5, 0.6) is 0 Å². The molecule has 0 radical (unpaired) electrons. The lowest BCUT2D eigenvalue weighted by atomic mass is 9.84. The molecule has 19 heavy (non-hydrogen) atoms. The molecule has 0 spiro atoms. The molecule has 0 fully saturated rings. The van der Waals surface area contributed by atoms with E-state index in [1.54, 1.807) is 5.56 Å². The maximum absolute atomic E-state index is 3.61. The Morgan fingerprint density at radius 2 is 1.79 bits per heavy atom. The molecule has 2 atom stereocenters. The molecule has 106 valence electrons. The van der Waals surface area contributed by atoms with Gasteiger partial charge in [-0.05, 0) is 37.3 Å². The summed E-state index contributed by atoms with van der Waals surface area (Å²) in [6.45, 7) is 4.59. The Kier molecular flexibility index (Phi) is 5.75. The monoisotopic (exact) mass is 259 g/mol. The van der Waals surface area contributed by atoms with Crippen molar-refractivity contribution in [3.63, 3.8) is 0 Å². The third kappa shape index (κ3) is 4.26. The highest BCUT2D eigenvalue weighted by atomic mass is 14.9. The number of fused-ring (bicyclic) bond motifs is 1. The standard InChI is InChI=1S/C18H29N/c1-3-4-5-6-7-8-11-16-14-15(2)19-18-13-10-9-12-17(16)18/h9-10,12-13,15-16,19H,3-8,11,14H2,1-2H3. The second-order valence-corrected chi connectivity index (χ2v) is 6.12. The van der Waals surface area contributed by atoms with Gasteiger partial charge in [0.15, 0.2) is 0 Å². The minimum absolute atomic E-state index is 0.625. The van der Waals surface area contributed by atoms with E-state index < -0.39 is 0 Å². The molecule has 1 aromatic carbocycles. The largest absolute Gasteiger partial charge is 0.382 e. The number of hydrogen-bond acceptors (Lipinski definition) is 1. The summed E-state index contributed by atoms with van der Waals surface area (Å²) in [6.07, 6.45) is 11.1. The predicted octanol–water partition coefficient (Wildman–Crippen LogP) is 5.72. The number of anilines is 1. The molecule has 2 rings (SSSR count). The molecule has 1 heteroatoms. The van der Waals surface area contributed by atoms with Crippen molar-refractivity contribution in [2.75, 3.05) is 5.32 Å². The smallest absolute Gasteiger partial charge is 0.0377 e. The minimum Gasteiger partial charge on any atom is -0.382 e. The van der Waals surface area contributed by atoms with Crippen molar-refractivity contribution in [2.45, 2.75) is 77.2 Å². The van der Waals surface area contributed by atoms with Crippen LogP contribution < -0.4 is 5.32 Å². The molecule has 0 saturated carbocycles. The van der Waals surface area contributed by atoms with Gasteiger partial charge in [-0.2, -0.15) is 0 Å². The van der Waals surface area contributed by atoms with Gasteiger partial charge in [-0.15, -0.1) is 0 Å². The van der Waals surface area contributed by atoms with Gasteiger partial charge >= 0.3 is 0 Å². The lowest BCUT2D eigenvalue weighted by molar-refractivity contribution is 0.485. The molecular formula is C18H29N.